The van der Waals surface area contributed by atoms with E-state index in [-0.39, 0.29) is 29.0 Å². The zero-order chi connectivity index (χ0) is 31.7. The molecular formula is C38H30N2O6. The van der Waals surface area contributed by atoms with Crippen LogP contribution in [0.3, 0.4) is 0 Å². The Hall–Kier alpha value is -5.76. The summed E-state index contributed by atoms with van der Waals surface area (Å²) >= 11 is 0. The molecule has 0 atom stereocenters. The van der Waals surface area contributed by atoms with E-state index in [4.69, 9.17) is 9.47 Å². The third-order valence-corrected chi connectivity index (χ3v) is 8.80. The minimum atomic E-state index is -0.354. The summed E-state index contributed by atoms with van der Waals surface area (Å²) in [7, 11) is 0. The van der Waals surface area contributed by atoms with Crippen LogP contribution < -0.4 is 19.3 Å². The molecule has 228 valence electrons. The number of carbonyl (C=O) groups is 4. The van der Waals surface area contributed by atoms with Crippen molar-refractivity contribution in [3.05, 3.63) is 132 Å². The lowest BCUT2D eigenvalue weighted by atomic mass is 9.65. The number of anilines is 2. The molecule has 0 saturated heterocycles. The molecular weight excluding hydrogens is 580 g/mol. The summed E-state index contributed by atoms with van der Waals surface area (Å²) in [5.41, 5.74) is 3.35. The highest BCUT2D eigenvalue weighted by Crippen LogP contribution is 2.46. The molecule has 2 heterocycles. The maximum atomic E-state index is 12.0. The lowest BCUT2D eigenvalue weighted by molar-refractivity contribution is -0.121. The molecule has 0 spiro atoms. The third kappa shape index (κ3) is 5.49. The van der Waals surface area contributed by atoms with Gasteiger partial charge in [-0.15, -0.1) is 0 Å². The van der Waals surface area contributed by atoms with Crippen LogP contribution in [0.5, 0.6) is 23.0 Å². The monoisotopic (exact) mass is 610 g/mol. The summed E-state index contributed by atoms with van der Waals surface area (Å²) in [6, 6.07) is 30.3. The minimum absolute atomic E-state index is 0.121. The van der Waals surface area contributed by atoms with Crippen LogP contribution in [0.2, 0.25) is 0 Å². The Morgan fingerprint density at radius 1 is 0.413 bits per heavy atom. The summed E-state index contributed by atoms with van der Waals surface area (Å²) in [4.78, 5) is 50.1. The molecule has 8 heteroatoms. The van der Waals surface area contributed by atoms with Gasteiger partial charge in [0.15, 0.2) is 0 Å². The first kappa shape index (κ1) is 29.0. The van der Waals surface area contributed by atoms with Gasteiger partial charge in [0.05, 0.1) is 11.4 Å². The minimum Gasteiger partial charge on any atom is -0.457 e. The van der Waals surface area contributed by atoms with E-state index in [0.717, 1.165) is 35.5 Å². The molecule has 3 aliphatic rings. The van der Waals surface area contributed by atoms with E-state index < -0.39 is 0 Å². The summed E-state index contributed by atoms with van der Waals surface area (Å²) in [6.07, 6.45) is 10.6. The number of rotatable bonds is 8. The van der Waals surface area contributed by atoms with Crippen molar-refractivity contribution in [2.45, 2.75) is 37.5 Å². The van der Waals surface area contributed by atoms with Crippen molar-refractivity contribution < 1.29 is 28.7 Å². The van der Waals surface area contributed by atoms with Gasteiger partial charge in [0, 0.05) is 29.7 Å². The van der Waals surface area contributed by atoms with Crippen LogP contribution in [0.25, 0.3) is 0 Å². The summed E-state index contributed by atoms with van der Waals surface area (Å²) in [5.74, 6) is 1.19. The molecule has 0 radical (unpaired) electrons. The number of amides is 4. The first-order valence-corrected chi connectivity index (χ1v) is 15.3. The van der Waals surface area contributed by atoms with Gasteiger partial charge in [0.1, 0.15) is 23.0 Å². The van der Waals surface area contributed by atoms with Crippen LogP contribution in [-0.2, 0) is 24.6 Å². The van der Waals surface area contributed by atoms with E-state index in [1.165, 1.54) is 41.9 Å². The van der Waals surface area contributed by atoms with Crippen LogP contribution >= 0.6 is 0 Å². The largest absolute Gasteiger partial charge is 0.457 e. The van der Waals surface area contributed by atoms with Crippen LogP contribution in [-0.4, -0.2) is 23.6 Å². The van der Waals surface area contributed by atoms with Gasteiger partial charge < -0.3 is 9.47 Å². The number of imide groups is 2. The van der Waals surface area contributed by atoms with Crippen molar-refractivity contribution in [3.63, 3.8) is 0 Å². The molecule has 1 fully saturated rings. The number of nitrogens with zero attached hydrogens (tertiary/aromatic N) is 2. The molecule has 4 aromatic carbocycles. The van der Waals surface area contributed by atoms with E-state index in [1.54, 1.807) is 48.5 Å². The molecule has 0 bridgehead atoms. The normalized spacial score (nSPS) is 17.2. The van der Waals surface area contributed by atoms with Crippen LogP contribution in [0, 0.1) is 0 Å². The van der Waals surface area contributed by atoms with Gasteiger partial charge in [-0.1, -0.05) is 43.5 Å². The fraction of sp³-hybridized carbons (Fsp3) is 0.158. The van der Waals surface area contributed by atoms with E-state index in [1.807, 2.05) is 24.3 Å². The highest BCUT2D eigenvalue weighted by Gasteiger charge is 2.36. The molecule has 0 N–H and O–H groups in total. The lowest BCUT2D eigenvalue weighted by Crippen LogP contribution is -2.30. The van der Waals surface area contributed by atoms with Gasteiger partial charge in [0.25, 0.3) is 23.6 Å². The van der Waals surface area contributed by atoms with Crippen LogP contribution in [0.4, 0.5) is 11.4 Å². The van der Waals surface area contributed by atoms with E-state index in [2.05, 4.69) is 24.3 Å². The molecule has 7 rings (SSSR count). The Morgan fingerprint density at radius 3 is 1.04 bits per heavy atom. The second kappa shape index (κ2) is 12.0. The average molecular weight is 611 g/mol. The Kier molecular flexibility index (Phi) is 7.54. The fourth-order valence-electron chi connectivity index (χ4n) is 6.49. The van der Waals surface area contributed by atoms with Crippen molar-refractivity contribution in [1.29, 1.82) is 0 Å². The number of ether oxygens (including phenoxy) is 2. The smallest absolute Gasteiger partial charge is 0.258 e. The lowest BCUT2D eigenvalue weighted by Gasteiger charge is -2.38. The molecule has 2 aliphatic heterocycles. The van der Waals surface area contributed by atoms with E-state index in [9.17, 15) is 19.2 Å². The molecule has 8 nitrogen and oxygen atoms in total. The predicted molar refractivity (Wildman–Crippen MR) is 173 cm³/mol. The van der Waals surface area contributed by atoms with Gasteiger partial charge in [-0.2, -0.15) is 0 Å². The molecule has 1 aliphatic carbocycles. The highest BCUT2D eigenvalue weighted by molar-refractivity contribution is 6.28. The third-order valence-electron chi connectivity index (χ3n) is 8.80. The van der Waals surface area contributed by atoms with Gasteiger partial charge in [-0.25, -0.2) is 9.80 Å². The first-order valence-electron chi connectivity index (χ1n) is 15.3. The Morgan fingerprint density at radius 2 is 0.717 bits per heavy atom. The summed E-state index contributed by atoms with van der Waals surface area (Å²) < 4.78 is 12.2. The van der Waals surface area contributed by atoms with Gasteiger partial charge in [0.2, 0.25) is 0 Å². The van der Waals surface area contributed by atoms with Crippen molar-refractivity contribution in [3.8, 4) is 23.0 Å². The van der Waals surface area contributed by atoms with E-state index in [0.29, 0.717) is 34.4 Å². The molecule has 46 heavy (non-hydrogen) atoms. The second-order valence-electron chi connectivity index (χ2n) is 11.6. The van der Waals surface area contributed by atoms with Crippen LogP contribution in [0.15, 0.2) is 121 Å². The number of benzene rings is 4. The number of hydrogen-bond donors (Lipinski definition) is 0. The molecule has 0 aromatic heterocycles. The molecule has 4 aromatic rings. The quantitative estimate of drug-likeness (QED) is 0.193. The number of hydrogen-bond acceptors (Lipinski definition) is 6. The Balaban J connectivity index is 1.04. The summed E-state index contributed by atoms with van der Waals surface area (Å²) in [5, 5.41) is 0. The van der Waals surface area contributed by atoms with Gasteiger partial charge in [-0.3, -0.25) is 19.2 Å². The zero-order valence-corrected chi connectivity index (χ0v) is 24.9. The zero-order valence-electron chi connectivity index (χ0n) is 24.9. The van der Waals surface area contributed by atoms with Gasteiger partial charge in [-0.05, 0) is 96.8 Å². The topological polar surface area (TPSA) is 93.2 Å². The highest BCUT2D eigenvalue weighted by atomic mass is 16.5. The van der Waals surface area contributed by atoms with Crippen molar-refractivity contribution in [2.75, 3.05) is 9.80 Å². The fourth-order valence-corrected chi connectivity index (χ4v) is 6.49. The van der Waals surface area contributed by atoms with Crippen molar-refractivity contribution in [2.24, 2.45) is 0 Å². The first-order chi connectivity index (χ1) is 22.4. The summed E-state index contributed by atoms with van der Waals surface area (Å²) in [6.45, 7) is 0. The number of carbonyl (C=O) groups excluding carboxylic acids is 4. The maximum Gasteiger partial charge on any atom is 0.258 e. The van der Waals surface area contributed by atoms with Crippen molar-refractivity contribution in [1.82, 2.24) is 0 Å². The maximum absolute atomic E-state index is 12.0. The van der Waals surface area contributed by atoms with Gasteiger partial charge >= 0.3 is 0 Å². The Labute approximate surface area is 266 Å². The average Bonchev–Trinajstić information content (AvgIpc) is 3.61. The van der Waals surface area contributed by atoms with Crippen LogP contribution in [0.1, 0.15) is 43.2 Å². The molecule has 4 amide bonds. The standard InChI is InChI=1S/C38H30N2O6/c41-34-20-21-35(42)39(34)28-8-16-32(17-9-28)45-30-12-4-26(5-13-30)38(24-2-1-3-25-38)27-6-14-31(15-7-27)46-33-18-10-29(11-19-33)40-36(43)22-23-37(40)44/h4-23H,1-3,24-25H2. The molecule has 1 saturated carbocycles. The molecule has 0 unspecified atom stereocenters. The van der Waals surface area contributed by atoms with E-state index >= 15 is 0 Å². The Bertz CT molecular complexity index is 1700. The van der Waals surface area contributed by atoms with Crippen molar-refractivity contribution >= 4 is 35.0 Å². The second-order valence-corrected chi connectivity index (χ2v) is 11.6. The predicted octanol–water partition coefficient (Wildman–Crippen LogP) is 7.38. The SMILES string of the molecule is O=C1C=CC(=O)N1c1ccc(Oc2ccc(C3(c4ccc(Oc5ccc(N6C(=O)C=CC6=O)cc5)cc4)CCCCC3)cc2)cc1.